The van der Waals surface area contributed by atoms with Gasteiger partial charge in [-0.05, 0) is 30.7 Å². The van der Waals surface area contributed by atoms with Gasteiger partial charge in [0.25, 0.3) is 0 Å². The van der Waals surface area contributed by atoms with Gasteiger partial charge in [-0.25, -0.2) is 8.42 Å². The average Bonchev–Trinajstić information content (AvgIpc) is 3.31. The Morgan fingerprint density at radius 1 is 1.18 bits per heavy atom. The third-order valence-corrected chi connectivity index (χ3v) is 9.30. The first-order chi connectivity index (χ1) is 13.5. The van der Waals surface area contributed by atoms with Crippen molar-refractivity contribution in [2.45, 2.75) is 37.0 Å². The minimum atomic E-state index is -3.29. The molecule has 0 radical (unpaired) electrons. The van der Waals surface area contributed by atoms with Crippen LogP contribution >= 0.6 is 11.3 Å². The third-order valence-electron chi connectivity index (χ3n) is 6.05. The van der Waals surface area contributed by atoms with Gasteiger partial charge in [0.1, 0.15) is 0 Å². The van der Waals surface area contributed by atoms with Crippen LogP contribution in [0.3, 0.4) is 0 Å². The number of hydrogen-bond donors (Lipinski definition) is 0. The highest BCUT2D eigenvalue weighted by Gasteiger charge is 2.41. The maximum absolute atomic E-state index is 13.1. The number of carbonyl (C=O) groups excluding carboxylic acids is 2. The maximum atomic E-state index is 13.1. The summed E-state index contributed by atoms with van der Waals surface area (Å²) in [6.45, 7) is 2.38. The molecule has 2 amide bonds. The second-order valence-electron chi connectivity index (χ2n) is 7.78. The van der Waals surface area contributed by atoms with Gasteiger partial charge < -0.3 is 14.5 Å². The molecule has 0 spiro atoms. The number of likely N-dealkylation sites (tertiary alicyclic amines) is 1. The molecule has 154 valence electrons. The molecule has 4 heterocycles. The van der Waals surface area contributed by atoms with E-state index in [1.54, 1.807) is 4.90 Å². The Morgan fingerprint density at radius 3 is 2.68 bits per heavy atom. The van der Waals surface area contributed by atoms with Crippen molar-refractivity contribution in [3.05, 3.63) is 22.4 Å². The molecule has 7 nitrogen and oxygen atoms in total. The van der Waals surface area contributed by atoms with Crippen molar-refractivity contribution in [2.24, 2.45) is 5.92 Å². The Bertz CT molecular complexity index is 817. The summed E-state index contributed by atoms with van der Waals surface area (Å²) < 4.78 is 30.8. The number of rotatable bonds is 3. The van der Waals surface area contributed by atoms with Gasteiger partial charge in [0, 0.05) is 50.2 Å². The highest BCUT2D eigenvalue weighted by Crippen LogP contribution is 2.33. The Balaban J connectivity index is 1.42. The quantitative estimate of drug-likeness (QED) is 0.731. The molecule has 3 aliphatic heterocycles. The van der Waals surface area contributed by atoms with E-state index >= 15 is 0 Å². The van der Waals surface area contributed by atoms with Gasteiger partial charge in [0.15, 0.2) is 9.84 Å². The van der Waals surface area contributed by atoms with Gasteiger partial charge in [-0.1, -0.05) is 6.07 Å². The molecule has 0 bridgehead atoms. The predicted molar refractivity (Wildman–Crippen MR) is 106 cm³/mol. The molecule has 28 heavy (non-hydrogen) atoms. The van der Waals surface area contributed by atoms with E-state index in [-0.39, 0.29) is 42.5 Å². The second kappa shape index (κ2) is 8.12. The van der Waals surface area contributed by atoms with Crippen LogP contribution in [0.5, 0.6) is 0 Å². The van der Waals surface area contributed by atoms with E-state index in [1.165, 1.54) is 11.3 Å². The SMILES string of the molecule is O=C([C@H]1CC(=O)N(C2CCOCC2)C1)N1CC[C@H](c2cccs2)S(=O)(=O)CC1. The highest BCUT2D eigenvalue weighted by atomic mass is 32.2. The highest BCUT2D eigenvalue weighted by molar-refractivity contribution is 7.91. The molecule has 0 unspecified atom stereocenters. The molecule has 3 saturated heterocycles. The molecule has 0 saturated carbocycles. The van der Waals surface area contributed by atoms with E-state index in [9.17, 15) is 18.0 Å². The molecule has 0 aromatic carbocycles. The molecule has 1 aromatic heterocycles. The number of carbonyl (C=O) groups is 2. The molecule has 9 heteroatoms. The number of hydrogen-bond acceptors (Lipinski definition) is 6. The molecular formula is C19H26N2O5S2. The van der Waals surface area contributed by atoms with Crippen molar-refractivity contribution in [3.63, 3.8) is 0 Å². The average molecular weight is 427 g/mol. The standard InChI is InChI=1S/C19H26N2O5S2/c22-18-12-14(13-21(18)15-4-8-26-9-5-15)19(23)20-6-3-17(16-2-1-10-27-16)28(24,25)11-7-20/h1-2,10,14-15,17H,3-9,11-13H2/t14-,17+/m0/s1. The summed E-state index contributed by atoms with van der Waals surface area (Å²) in [5.41, 5.74) is 0. The predicted octanol–water partition coefficient (Wildman–Crippen LogP) is 1.46. The summed E-state index contributed by atoms with van der Waals surface area (Å²) in [5.74, 6) is -0.434. The van der Waals surface area contributed by atoms with Crippen LogP contribution in [0.15, 0.2) is 17.5 Å². The van der Waals surface area contributed by atoms with Crippen molar-refractivity contribution < 1.29 is 22.7 Å². The topological polar surface area (TPSA) is 84.0 Å². The first-order valence-corrected chi connectivity index (χ1v) is 12.5. The maximum Gasteiger partial charge on any atom is 0.228 e. The minimum absolute atomic E-state index is 0.0222. The molecule has 1 aromatic rings. The van der Waals surface area contributed by atoms with Crippen molar-refractivity contribution in [2.75, 3.05) is 38.6 Å². The van der Waals surface area contributed by atoms with Crippen molar-refractivity contribution in [1.82, 2.24) is 9.80 Å². The Kier molecular flexibility index (Phi) is 5.76. The molecule has 0 aliphatic carbocycles. The van der Waals surface area contributed by atoms with E-state index < -0.39 is 15.1 Å². The summed E-state index contributed by atoms with van der Waals surface area (Å²) in [4.78, 5) is 29.9. The normalized spacial score (nSPS) is 29.1. The Hall–Kier alpha value is -1.45. The largest absolute Gasteiger partial charge is 0.381 e. The fourth-order valence-electron chi connectivity index (χ4n) is 4.46. The van der Waals surface area contributed by atoms with Crippen LogP contribution in [0.1, 0.15) is 35.8 Å². The lowest BCUT2D eigenvalue weighted by molar-refractivity contribution is -0.135. The lowest BCUT2D eigenvalue weighted by atomic mass is 10.1. The zero-order valence-electron chi connectivity index (χ0n) is 15.8. The molecule has 0 N–H and O–H groups in total. The van der Waals surface area contributed by atoms with Crippen LogP contribution in [-0.2, 0) is 24.2 Å². The Morgan fingerprint density at radius 2 is 1.96 bits per heavy atom. The van der Waals surface area contributed by atoms with Crippen LogP contribution in [-0.4, -0.2) is 74.7 Å². The minimum Gasteiger partial charge on any atom is -0.381 e. The van der Waals surface area contributed by atoms with Gasteiger partial charge in [-0.3, -0.25) is 9.59 Å². The lowest BCUT2D eigenvalue weighted by Gasteiger charge is -2.31. The second-order valence-corrected chi connectivity index (χ2v) is 11.1. The summed E-state index contributed by atoms with van der Waals surface area (Å²) in [6, 6.07) is 3.87. The number of nitrogens with zero attached hydrogens (tertiary/aromatic N) is 2. The monoisotopic (exact) mass is 426 g/mol. The van der Waals surface area contributed by atoms with Crippen LogP contribution < -0.4 is 0 Å². The zero-order valence-corrected chi connectivity index (χ0v) is 17.4. The first kappa shape index (κ1) is 19.8. The van der Waals surface area contributed by atoms with Gasteiger partial charge in [-0.2, -0.15) is 0 Å². The molecular weight excluding hydrogens is 400 g/mol. The fraction of sp³-hybridized carbons (Fsp3) is 0.684. The van der Waals surface area contributed by atoms with Crippen LogP contribution in [0, 0.1) is 5.92 Å². The van der Waals surface area contributed by atoms with Gasteiger partial charge in [0.05, 0.1) is 16.9 Å². The smallest absolute Gasteiger partial charge is 0.228 e. The molecule has 2 atom stereocenters. The van der Waals surface area contributed by atoms with E-state index in [1.807, 2.05) is 22.4 Å². The van der Waals surface area contributed by atoms with Crippen LogP contribution in [0.4, 0.5) is 0 Å². The third kappa shape index (κ3) is 3.97. The summed E-state index contributed by atoms with van der Waals surface area (Å²) in [5, 5.41) is 1.35. The lowest BCUT2D eigenvalue weighted by Crippen LogP contribution is -2.42. The Labute approximate surface area is 169 Å². The van der Waals surface area contributed by atoms with E-state index in [4.69, 9.17) is 4.74 Å². The number of ether oxygens (including phenoxy) is 1. The van der Waals surface area contributed by atoms with Crippen LogP contribution in [0.2, 0.25) is 0 Å². The van der Waals surface area contributed by atoms with Crippen molar-refractivity contribution in [1.29, 1.82) is 0 Å². The number of amides is 2. The van der Waals surface area contributed by atoms with Gasteiger partial charge in [0.2, 0.25) is 11.8 Å². The summed E-state index contributed by atoms with van der Waals surface area (Å²) >= 11 is 1.45. The van der Waals surface area contributed by atoms with Gasteiger partial charge >= 0.3 is 0 Å². The van der Waals surface area contributed by atoms with E-state index in [2.05, 4.69) is 0 Å². The number of thiophene rings is 1. The first-order valence-electron chi connectivity index (χ1n) is 9.86. The van der Waals surface area contributed by atoms with Crippen molar-refractivity contribution in [3.8, 4) is 0 Å². The molecule has 4 rings (SSSR count). The molecule has 3 aliphatic rings. The summed E-state index contributed by atoms with van der Waals surface area (Å²) in [6.07, 6.45) is 2.28. The van der Waals surface area contributed by atoms with E-state index in [0.717, 1.165) is 17.7 Å². The fourth-order valence-corrected chi connectivity index (χ4v) is 7.47. The van der Waals surface area contributed by atoms with E-state index in [0.29, 0.717) is 32.7 Å². The van der Waals surface area contributed by atoms with Gasteiger partial charge in [-0.15, -0.1) is 11.3 Å². The zero-order chi connectivity index (χ0) is 19.7. The summed E-state index contributed by atoms with van der Waals surface area (Å²) in [7, 11) is -3.29. The number of sulfone groups is 1. The van der Waals surface area contributed by atoms with Crippen molar-refractivity contribution >= 4 is 33.0 Å². The molecule has 3 fully saturated rings. The van der Waals surface area contributed by atoms with Crippen LogP contribution in [0.25, 0.3) is 0 Å².